The number of amides is 1. The molecule has 1 aliphatic rings. The molecule has 2 N–H and O–H groups in total. The maximum absolute atomic E-state index is 12.8. The Morgan fingerprint density at radius 3 is 2.25 bits per heavy atom. The summed E-state index contributed by atoms with van der Waals surface area (Å²) in [5.74, 6) is 0.188. The van der Waals surface area contributed by atoms with Crippen LogP contribution < -0.4 is 10.0 Å². The fourth-order valence-corrected chi connectivity index (χ4v) is 5.14. The topological polar surface area (TPSA) is 105 Å². The van der Waals surface area contributed by atoms with Crippen molar-refractivity contribution in [1.29, 1.82) is 0 Å². The zero-order chi connectivity index (χ0) is 23.0. The molecule has 0 radical (unpaired) electrons. The predicted octanol–water partition coefficient (Wildman–Crippen LogP) is 4.78. The van der Waals surface area contributed by atoms with Crippen LogP contribution in [0.5, 0.6) is 0 Å². The third-order valence-electron chi connectivity index (χ3n) is 5.65. The number of benzene rings is 2. The highest BCUT2D eigenvalue weighted by Crippen LogP contribution is 2.30. The monoisotopic (exact) mass is 452 g/mol. The van der Waals surface area contributed by atoms with Crippen LogP contribution in [0.1, 0.15) is 56.2 Å². The highest BCUT2D eigenvalue weighted by atomic mass is 32.2. The fraction of sp³-hybridized carbons (Fsp3) is 0.250. The van der Waals surface area contributed by atoms with E-state index >= 15 is 0 Å². The lowest BCUT2D eigenvalue weighted by Gasteiger charge is -2.13. The molecular formula is C24H24N2O5S. The number of carbonyl (C=O) groups excluding carboxylic acids is 2. The molecule has 0 fully saturated rings. The predicted molar refractivity (Wildman–Crippen MR) is 122 cm³/mol. The summed E-state index contributed by atoms with van der Waals surface area (Å²) in [6.45, 7) is 5.38. The number of nitrogens with one attached hydrogen (secondary N) is 2. The average Bonchev–Trinajstić information content (AvgIpc) is 3.09. The van der Waals surface area contributed by atoms with Crippen LogP contribution in [0.3, 0.4) is 0 Å². The molecule has 3 aromatic rings. The lowest BCUT2D eigenvalue weighted by atomic mass is 9.94. The summed E-state index contributed by atoms with van der Waals surface area (Å²) in [6, 6.07) is 11.4. The van der Waals surface area contributed by atoms with E-state index in [2.05, 4.69) is 10.0 Å². The molecule has 166 valence electrons. The molecule has 1 aromatic heterocycles. The average molecular weight is 453 g/mol. The molecule has 8 heteroatoms. The van der Waals surface area contributed by atoms with Crippen LogP contribution in [0.4, 0.5) is 11.4 Å². The molecule has 0 saturated carbocycles. The Morgan fingerprint density at radius 1 is 0.969 bits per heavy atom. The quantitative estimate of drug-likeness (QED) is 0.580. The minimum absolute atomic E-state index is 0.00232. The van der Waals surface area contributed by atoms with E-state index in [9.17, 15) is 18.0 Å². The summed E-state index contributed by atoms with van der Waals surface area (Å²) in [4.78, 5) is 24.9. The number of ketones is 1. The van der Waals surface area contributed by atoms with Crippen molar-refractivity contribution in [1.82, 2.24) is 0 Å². The number of carbonyl (C=O) groups is 2. The number of aryl methyl sites for hydroxylation is 3. The van der Waals surface area contributed by atoms with Gasteiger partial charge in [-0.25, -0.2) is 8.42 Å². The summed E-state index contributed by atoms with van der Waals surface area (Å²) in [5.41, 5.74) is 3.68. The minimum Gasteiger partial charge on any atom is -0.455 e. The summed E-state index contributed by atoms with van der Waals surface area (Å²) < 4.78 is 33.9. The summed E-state index contributed by atoms with van der Waals surface area (Å²) in [7, 11) is -3.79. The van der Waals surface area contributed by atoms with Crippen molar-refractivity contribution < 1.29 is 22.4 Å². The van der Waals surface area contributed by atoms with E-state index in [0.29, 0.717) is 47.5 Å². The molecule has 1 amide bonds. The van der Waals surface area contributed by atoms with Gasteiger partial charge in [-0.3, -0.25) is 14.3 Å². The molecular weight excluding hydrogens is 428 g/mol. The first-order valence-electron chi connectivity index (χ1n) is 10.3. The first-order chi connectivity index (χ1) is 15.2. The van der Waals surface area contributed by atoms with Crippen molar-refractivity contribution in [2.45, 2.75) is 44.9 Å². The van der Waals surface area contributed by atoms with E-state index in [1.165, 1.54) is 24.3 Å². The molecule has 0 unspecified atom stereocenters. The Morgan fingerprint density at radius 2 is 1.62 bits per heavy atom. The van der Waals surface area contributed by atoms with Gasteiger partial charge in [0.05, 0.1) is 16.1 Å². The standard InChI is InChI=1S/C24H24N2O5S/c1-14-6-4-7-15(2)22(14)26-32(29,30)18-12-10-17(11-13-18)25-24(28)23-16(3)21-19(27)8-5-9-20(21)31-23/h4,6-7,10-13,26H,5,8-9H2,1-3H3,(H,25,28). The molecule has 32 heavy (non-hydrogen) atoms. The Hall–Kier alpha value is -3.39. The van der Waals surface area contributed by atoms with Gasteiger partial charge in [0.2, 0.25) is 0 Å². The number of rotatable bonds is 5. The maximum atomic E-state index is 12.8. The van der Waals surface area contributed by atoms with Crippen molar-refractivity contribution in [2.75, 3.05) is 10.0 Å². The largest absolute Gasteiger partial charge is 0.455 e. The summed E-state index contributed by atoms with van der Waals surface area (Å²) in [5, 5.41) is 2.71. The van der Waals surface area contributed by atoms with Crippen LogP contribution in [-0.4, -0.2) is 20.1 Å². The van der Waals surface area contributed by atoms with Gasteiger partial charge < -0.3 is 9.73 Å². The second-order valence-corrected chi connectivity index (χ2v) is 9.66. The zero-order valence-corrected chi connectivity index (χ0v) is 18.9. The number of para-hydroxylation sites is 1. The van der Waals surface area contributed by atoms with Crippen molar-refractivity contribution in [3.05, 3.63) is 76.2 Å². The molecule has 7 nitrogen and oxygen atoms in total. The van der Waals surface area contributed by atoms with Crippen molar-refractivity contribution >= 4 is 33.1 Å². The molecule has 1 aliphatic carbocycles. The molecule has 4 rings (SSSR count). The van der Waals surface area contributed by atoms with Crippen LogP contribution in [-0.2, 0) is 16.4 Å². The first-order valence-corrected chi connectivity index (χ1v) is 11.8. The number of fused-ring (bicyclic) bond motifs is 1. The number of Topliss-reactive ketones (excluding diaryl/α,β-unsaturated/α-hetero) is 1. The zero-order valence-electron chi connectivity index (χ0n) is 18.1. The van der Waals surface area contributed by atoms with Crippen LogP contribution in [0, 0.1) is 20.8 Å². The van der Waals surface area contributed by atoms with E-state index < -0.39 is 15.9 Å². The smallest absolute Gasteiger partial charge is 0.291 e. The van der Waals surface area contributed by atoms with Gasteiger partial charge in [-0.05, 0) is 62.6 Å². The van der Waals surface area contributed by atoms with Gasteiger partial charge in [-0.1, -0.05) is 18.2 Å². The summed E-state index contributed by atoms with van der Waals surface area (Å²) >= 11 is 0. The van der Waals surface area contributed by atoms with Gasteiger partial charge >= 0.3 is 0 Å². The van der Waals surface area contributed by atoms with Crippen LogP contribution in [0.2, 0.25) is 0 Å². The third kappa shape index (κ3) is 4.05. The normalized spacial score (nSPS) is 13.5. The number of hydrogen-bond donors (Lipinski definition) is 2. The van der Waals surface area contributed by atoms with Crippen molar-refractivity contribution in [2.24, 2.45) is 0 Å². The molecule has 0 bridgehead atoms. The van der Waals surface area contributed by atoms with Gasteiger partial charge in [0.15, 0.2) is 11.5 Å². The molecule has 0 atom stereocenters. The Bertz CT molecular complexity index is 1300. The number of sulfonamides is 1. The van der Waals surface area contributed by atoms with Crippen LogP contribution >= 0.6 is 0 Å². The van der Waals surface area contributed by atoms with Gasteiger partial charge in [0, 0.05) is 24.1 Å². The number of hydrogen-bond acceptors (Lipinski definition) is 5. The first kappa shape index (κ1) is 21.8. The molecule has 0 saturated heterocycles. The maximum Gasteiger partial charge on any atom is 0.291 e. The van der Waals surface area contributed by atoms with E-state index in [0.717, 1.165) is 11.1 Å². The van der Waals surface area contributed by atoms with Gasteiger partial charge in [-0.15, -0.1) is 0 Å². The van der Waals surface area contributed by atoms with Crippen molar-refractivity contribution in [3.8, 4) is 0 Å². The second-order valence-electron chi connectivity index (χ2n) is 7.98. The highest BCUT2D eigenvalue weighted by molar-refractivity contribution is 7.92. The van der Waals surface area contributed by atoms with Gasteiger partial charge in [-0.2, -0.15) is 0 Å². The molecule has 0 aliphatic heterocycles. The lowest BCUT2D eigenvalue weighted by Crippen LogP contribution is -2.15. The Kier molecular flexibility index (Phi) is 5.64. The fourth-order valence-electron chi connectivity index (χ4n) is 3.94. The molecule has 0 spiro atoms. The van der Waals surface area contributed by atoms with Crippen LogP contribution in [0.25, 0.3) is 0 Å². The van der Waals surface area contributed by atoms with E-state index in [-0.39, 0.29) is 16.4 Å². The molecule has 1 heterocycles. The van der Waals surface area contributed by atoms with Crippen molar-refractivity contribution in [3.63, 3.8) is 0 Å². The Balaban J connectivity index is 1.52. The summed E-state index contributed by atoms with van der Waals surface area (Å²) in [6.07, 6.45) is 1.81. The minimum atomic E-state index is -3.79. The molecule has 2 aromatic carbocycles. The Labute approximate surface area is 186 Å². The van der Waals surface area contributed by atoms with E-state index in [4.69, 9.17) is 4.42 Å². The number of furan rings is 1. The lowest BCUT2D eigenvalue weighted by molar-refractivity contribution is 0.0963. The van der Waals surface area contributed by atoms with Gasteiger partial charge in [0.1, 0.15) is 5.76 Å². The van der Waals surface area contributed by atoms with E-state index in [1.807, 2.05) is 32.0 Å². The van der Waals surface area contributed by atoms with Crippen LogP contribution in [0.15, 0.2) is 51.8 Å². The van der Waals surface area contributed by atoms with Gasteiger partial charge in [0.25, 0.3) is 15.9 Å². The van der Waals surface area contributed by atoms with E-state index in [1.54, 1.807) is 6.92 Å². The second kappa shape index (κ2) is 8.27. The SMILES string of the molecule is Cc1cccc(C)c1NS(=O)(=O)c1ccc(NC(=O)c2oc3c(c2C)C(=O)CCC3)cc1. The number of anilines is 2. The highest BCUT2D eigenvalue weighted by Gasteiger charge is 2.29. The third-order valence-corrected chi connectivity index (χ3v) is 7.02.